The van der Waals surface area contributed by atoms with E-state index >= 15 is 0 Å². The molecule has 0 fully saturated rings. The largest absolute Gasteiger partial charge is 0.496 e. The van der Waals surface area contributed by atoms with E-state index in [2.05, 4.69) is 15.5 Å². The highest BCUT2D eigenvalue weighted by Crippen LogP contribution is 2.29. The summed E-state index contributed by atoms with van der Waals surface area (Å²) in [6.45, 7) is 2.35. The predicted molar refractivity (Wildman–Crippen MR) is 111 cm³/mol. The van der Waals surface area contributed by atoms with Crippen molar-refractivity contribution < 1.29 is 9.53 Å². The molecule has 2 heterocycles. The van der Waals surface area contributed by atoms with Gasteiger partial charge in [-0.05, 0) is 31.2 Å². The average Bonchev–Trinajstić information content (AvgIpc) is 3.30. The van der Waals surface area contributed by atoms with Gasteiger partial charge in [-0.1, -0.05) is 24.3 Å². The Morgan fingerprint density at radius 1 is 1.10 bits per heavy atom. The lowest BCUT2D eigenvalue weighted by molar-refractivity contribution is -0.116. The first-order valence-corrected chi connectivity index (χ1v) is 9.29. The van der Waals surface area contributed by atoms with Gasteiger partial charge in [0, 0.05) is 18.2 Å². The molecule has 1 amide bonds. The summed E-state index contributed by atoms with van der Waals surface area (Å²) in [5, 5.41) is 9.80. The molecule has 4 aromatic rings. The maximum Gasteiger partial charge on any atom is 0.329 e. The van der Waals surface area contributed by atoms with Gasteiger partial charge in [0.05, 0.1) is 23.8 Å². The summed E-state index contributed by atoms with van der Waals surface area (Å²) in [5.41, 5.74) is 2.89. The number of fused-ring (bicyclic) bond motifs is 1. The SMILES string of the molecule is CCn1c(=O)n(CC(=O)Nc2cc(-c3ccccc3OC)[nH]n2)c2ccccc21. The number of carbonyl (C=O) groups is 1. The third kappa shape index (κ3) is 3.40. The number of hydrogen-bond acceptors (Lipinski definition) is 4. The van der Waals surface area contributed by atoms with Crippen LogP contribution in [0.3, 0.4) is 0 Å². The van der Waals surface area contributed by atoms with Crippen LogP contribution < -0.4 is 15.7 Å². The number of methoxy groups -OCH3 is 1. The molecule has 0 saturated carbocycles. The first kappa shape index (κ1) is 18.5. The maximum atomic E-state index is 12.7. The lowest BCUT2D eigenvalue weighted by Crippen LogP contribution is -2.29. The van der Waals surface area contributed by atoms with Gasteiger partial charge in [0.1, 0.15) is 12.3 Å². The number of para-hydroxylation sites is 3. The summed E-state index contributed by atoms with van der Waals surface area (Å²) in [4.78, 5) is 25.3. The standard InChI is InChI=1S/C21H21N5O3/c1-3-25-16-9-5-6-10-17(16)26(21(25)28)13-20(27)22-19-12-15(23-24-19)14-8-4-7-11-18(14)29-2/h4-12H,3,13H2,1-2H3,(H2,22,23,24,27). The zero-order valence-corrected chi connectivity index (χ0v) is 16.2. The zero-order chi connectivity index (χ0) is 20.4. The van der Waals surface area contributed by atoms with Crippen molar-refractivity contribution in [2.45, 2.75) is 20.0 Å². The van der Waals surface area contributed by atoms with Crippen molar-refractivity contribution in [2.24, 2.45) is 0 Å². The van der Waals surface area contributed by atoms with Crippen LogP contribution in [0.5, 0.6) is 5.75 Å². The number of nitrogens with zero attached hydrogens (tertiary/aromatic N) is 3. The van der Waals surface area contributed by atoms with E-state index < -0.39 is 0 Å². The van der Waals surface area contributed by atoms with E-state index in [9.17, 15) is 9.59 Å². The number of benzene rings is 2. The number of ether oxygens (including phenoxy) is 1. The monoisotopic (exact) mass is 391 g/mol. The van der Waals surface area contributed by atoms with E-state index in [1.165, 1.54) is 4.57 Å². The molecule has 8 nitrogen and oxygen atoms in total. The van der Waals surface area contributed by atoms with Gasteiger partial charge >= 0.3 is 5.69 Å². The molecule has 2 aromatic carbocycles. The second kappa shape index (κ2) is 7.67. The maximum absolute atomic E-state index is 12.7. The molecular weight excluding hydrogens is 370 g/mol. The summed E-state index contributed by atoms with van der Waals surface area (Å²) in [6, 6.07) is 16.7. The highest BCUT2D eigenvalue weighted by atomic mass is 16.5. The number of carbonyl (C=O) groups excluding carboxylic acids is 1. The van der Waals surface area contributed by atoms with Crippen LogP contribution >= 0.6 is 0 Å². The second-order valence-corrected chi connectivity index (χ2v) is 6.52. The first-order valence-electron chi connectivity index (χ1n) is 9.29. The highest BCUT2D eigenvalue weighted by molar-refractivity contribution is 5.91. The Balaban J connectivity index is 1.56. The van der Waals surface area contributed by atoms with E-state index in [-0.39, 0.29) is 18.1 Å². The van der Waals surface area contributed by atoms with E-state index in [1.54, 1.807) is 17.7 Å². The fourth-order valence-electron chi connectivity index (χ4n) is 3.45. The van der Waals surface area contributed by atoms with Crippen molar-refractivity contribution >= 4 is 22.8 Å². The van der Waals surface area contributed by atoms with Crippen molar-refractivity contribution in [3.8, 4) is 17.0 Å². The van der Waals surface area contributed by atoms with Gasteiger partial charge in [-0.15, -0.1) is 0 Å². The first-order chi connectivity index (χ1) is 14.1. The summed E-state index contributed by atoms with van der Waals surface area (Å²) >= 11 is 0. The summed E-state index contributed by atoms with van der Waals surface area (Å²) in [5.74, 6) is 0.750. The molecule has 29 heavy (non-hydrogen) atoms. The topological polar surface area (TPSA) is 93.9 Å². The van der Waals surface area contributed by atoms with Gasteiger partial charge < -0.3 is 10.1 Å². The summed E-state index contributed by atoms with van der Waals surface area (Å²) in [7, 11) is 1.60. The molecule has 2 N–H and O–H groups in total. The number of rotatable bonds is 6. The summed E-state index contributed by atoms with van der Waals surface area (Å²) < 4.78 is 8.48. The van der Waals surface area contributed by atoms with Crippen molar-refractivity contribution in [1.82, 2.24) is 19.3 Å². The van der Waals surface area contributed by atoms with E-state index in [0.29, 0.717) is 18.1 Å². The normalized spacial score (nSPS) is 11.0. The molecular formula is C21H21N5O3. The van der Waals surface area contributed by atoms with Crippen LogP contribution in [0.25, 0.3) is 22.3 Å². The molecule has 0 aliphatic rings. The van der Waals surface area contributed by atoms with E-state index in [0.717, 1.165) is 22.3 Å². The second-order valence-electron chi connectivity index (χ2n) is 6.52. The smallest absolute Gasteiger partial charge is 0.329 e. The molecule has 2 aromatic heterocycles. The Labute approximate surface area is 166 Å². The molecule has 0 bridgehead atoms. The number of anilines is 1. The Kier molecular flexibility index (Phi) is 4.90. The van der Waals surface area contributed by atoms with Crippen LogP contribution in [0.4, 0.5) is 5.82 Å². The van der Waals surface area contributed by atoms with E-state index in [1.807, 2.05) is 55.5 Å². The van der Waals surface area contributed by atoms with Gasteiger partial charge in [-0.3, -0.25) is 19.0 Å². The molecule has 8 heteroatoms. The Morgan fingerprint density at radius 3 is 2.52 bits per heavy atom. The summed E-state index contributed by atoms with van der Waals surface area (Å²) in [6.07, 6.45) is 0. The third-order valence-corrected chi connectivity index (χ3v) is 4.79. The van der Waals surface area contributed by atoms with Crippen LogP contribution in [-0.2, 0) is 17.9 Å². The molecule has 148 valence electrons. The highest BCUT2D eigenvalue weighted by Gasteiger charge is 2.16. The number of H-pyrrole nitrogens is 1. The molecule has 0 spiro atoms. The van der Waals surface area contributed by atoms with Crippen molar-refractivity contribution in [1.29, 1.82) is 0 Å². The van der Waals surface area contributed by atoms with Crippen LogP contribution in [0, 0.1) is 0 Å². The Morgan fingerprint density at radius 2 is 1.79 bits per heavy atom. The number of amides is 1. The molecule has 0 aliphatic heterocycles. The van der Waals surface area contributed by atoms with Crippen LogP contribution in [0.15, 0.2) is 59.4 Å². The number of imidazole rings is 1. The molecule has 0 atom stereocenters. The number of aryl methyl sites for hydroxylation is 1. The van der Waals surface area contributed by atoms with Gasteiger partial charge in [0.25, 0.3) is 0 Å². The van der Waals surface area contributed by atoms with Gasteiger partial charge in [-0.2, -0.15) is 5.10 Å². The minimum atomic E-state index is -0.329. The molecule has 0 radical (unpaired) electrons. The third-order valence-electron chi connectivity index (χ3n) is 4.79. The van der Waals surface area contributed by atoms with Crippen LogP contribution in [0.1, 0.15) is 6.92 Å². The Hall–Kier alpha value is -3.81. The molecule has 0 unspecified atom stereocenters. The van der Waals surface area contributed by atoms with Crippen molar-refractivity contribution in [3.63, 3.8) is 0 Å². The predicted octanol–water partition coefficient (Wildman–Crippen LogP) is 2.86. The average molecular weight is 391 g/mol. The molecule has 0 saturated heterocycles. The fraction of sp³-hybridized carbons (Fsp3) is 0.190. The minimum Gasteiger partial charge on any atom is -0.496 e. The Bertz CT molecular complexity index is 1230. The molecule has 4 rings (SSSR count). The van der Waals surface area contributed by atoms with Gasteiger partial charge in [-0.25, -0.2) is 4.79 Å². The lowest BCUT2D eigenvalue weighted by atomic mass is 10.1. The van der Waals surface area contributed by atoms with E-state index in [4.69, 9.17) is 4.74 Å². The van der Waals surface area contributed by atoms with Crippen LogP contribution in [-0.4, -0.2) is 32.3 Å². The minimum absolute atomic E-state index is 0.0940. The zero-order valence-electron chi connectivity index (χ0n) is 16.2. The van der Waals surface area contributed by atoms with Gasteiger partial charge in [0.2, 0.25) is 5.91 Å². The number of aromatic nitrogens is 4. The van der Waals surface area contributed by atoms with Gasteiger partial charge in [0.15, 0.2) is 5.82 Å². The van der Waals surface area contributed by atoms with Crippen molar-refractivity contribution in [3.05, 3.63) is 65.1 Å². The molecule has 0 aliphatic carbocycles. The van der Waals surface area contributed by atoms with Crippen LogP contribution in [0.2, 0.25) is 0 Å². The van der Waals surface area contributed by atoms with Crippen molar-refractivity contribution in [2.75, 3.05) is 12.4 Å². The lowest BCUT2D eigenvalue weighted by Gasteiger charge is -2.05. The number of nitrogens with one attached hydrogen (secondary N) is 2. The fourth-order valence-corrected chi connectivity index (χ4v) is 3.45. The quantitative estimate of drug-likeness (QED) is 0.528. The number of hydrogen-bond donors (Lipinski definition) is 2. The number of aromatic amines is 1.